The second-order valence-corrected chi connectivity index (χ2v) is 5.16. The fourth-order valence-electron chi connectivity index (χ4n) is 1.82. The molecule has 0 amide bonds. The molecular formula is C13H17N3OS. The van der Waals surface area contributed by atoms with E-state index in [0.717, 1.165) is 16.3 Å². The molecule has 0 saturated heterocycles. The minimum Gasteiger partial charge on any atom is -0.492 e. The van der Waals surface area contributed by atoms with Gasteiger partial charge in [0, 0.05) is 17.3 Å². The first-order valence-corrected chi connectivity index (χ1v) is 6.73. The van der Waals surface area contributed by atoms with Gasteiger partial charge >= 0.3 is 0 Å². The van der Waals surface area contributed by atoms with Gasteiger partial charge in [-0.2, -0.15) is 0 Å². The van der Waals surface area contributed by atoms with E-state index in [1.54, 1.807) is 17.5 Å². The van der Waals surface area contributed by atoms with E-state index in [-0.39, 0.29) is 6.04 Å². The maximum absolute atomic E-state index is 5.48. The normalized spacial score (nSPS) is 12.4. The lowest BCUT2D eigenvalue weighted by atomic mass is 10.1. The zero-order valence-corrected chi connectivity index (χ0v) is 11.6. The summed E-state index contributed by atoms with van der Waals surface area (Å²) in [6.45, 7) is 4.62. The quantitative estimate of drug-likeness (QED) is 0.900. The monoisotopic (exact) mass is 263 g/mol. The van der Waals surface area contributed by atoms with Crippen molar-refractivity contribution < 1.29 is 4.74 Å². The van der Waals surface area contributed by atoms with E-state index < -0.39 is 0 Å². The number of nitrogens with one attached hydrogen (secondary N) is 1. The van der Waals surface area contributed by atoms with E-state index in [4.69, 9.17) is 4.74 Å². The van der Waals surface area contributed by atoms with Gasteiger partial charge < -0.3 is 10.1 Å². The third-order valence-corrected chi connectivity index (χ3v) is 3.57. The number of rotatable bonds is 5. The van der Waals surface area contributed by atoms with Gasteiger partial charge in [0.15, 0.2) is 0 Å². The SMILES string of the molecule is CCOc1cncc(C(NC)c2cnc(C)s2)c1. The Morgan fingerprint density at radius 1 is 1.39 bits per heavy atom. The molecule has 4 nitrogen and oxygen atoms in total. The van der Waals surface area contributed by atoms with E-state index in [2.05, 4.69) is 15.3 Å². The number of thiazole rings is 1. The molecule has 2 aromatic rings. The molecular weight excluding hydrogens is 246 g/mol. The Morgan fingerprint density at radius 2 is 2.22 bits per heavy atom. The summed E-state index contributed by atoms with van der Waals surface area (Å²) in [5, 5.41) is 4.36. The summed E-state index contributed by atoms with van der Waals surface area (Å²) < 4.78 is 5.48. The Bertz CT molecular complexity index is 512. The molecule has 1 atom stereocenters. The molecule has 2 rings (SSSR count). The van der Waals surface area contributed by atoms with Crippen molar-refractivity contribution in [1.29, 1.82) is 0 Å². The van der Waals surface area contributed by atoms with Crippen LogP contribution >= 0.6 is 11.3 Å². The van der Waals surface area contributed by atoms with Crippen molar-refractivity contribution in [2.75, 3.05) is 13.7 Å². The second kappa shape index (κ2) is 5.93. The lowest BCUT2D eigenvalue weighted by Crippen LogP contribution is -2.16. The fraction of sp³-hybridized carbons (Fsp3) is 0.385. The number of aryl methyl sites for hydroxylation is 1. The lowest BCUT2D eigenvalue weighted by Gasteiger charge is -2.15. The molecule has 18 heavy (non-hydrogen) atoms. The third kappa shape index (κ3) is 2.86. The first-order valence-electron chi connectivity index (χ1n) is 5.92. The summed E-state index contributed by atoms with van der Waals surface area (Å²) in [6, 6.07) is 2.14. The van der Waals surface area contributed by atoms with Crippen LogP contribution in [0, 0.1) is 6.92 Å². The van der Waals surface area contributed by atoms with Crippen molar-refractivity contribution in [2.24, 2.45) is 0 Å². The smallest absolute Gasteiger partial charge is 0.137 e. The number of hydrogen-bond donors (Lipinski definition) is 1. The molecule has 0 aliphatic heterocycles. The van der Waals surface area contributed by atoms with Gasteiger partial charge in [0.05, 0.1) is 23.9 Å². The Morgan fingerprint density at radius 3 is 2.83 bits per heavy atom. The summed E-state index contributed by atoms with van der Waals surface area (Å²) in [5.74, 6) is 0.802. The molecule has 1 N–H and O–H groups in total. The topological polar surface area (TPSA) is 47.0 Å². The van der Waals surface area contributed by atoms with Crippen LogP contribution in [-0.2, 0) is 0 Å². The maximum atomic E-state index is 5.48. The van der Waals surface area contributed by atoms with Crippen LogP contribution < -0.4 is 10.1 Å². The molecule has 0 saturated carbocycles. The van der Waals surface area contributed by atoms with Gasteiger partial charge in [-0.3, -0.25) is 4.98 Å². The number of ether oxygens (including phenoxy) is 1. The predicted molar refractivity (Wildman–Crippen MR) is 73.2 cm³/mol. The van der Waals surface area contributed by atoms with Crippen LogP contribution in [0.5, 0.6) is 5.75 Å². The molecule has 1 unspecified atom stereocenters. The summed E-state index contributed by atoms with van der Waals surface area (Å²) in [7, 11) is 1.94. The Balaban J connectivity index is 2.29. The van der Waals surface area contributed by atoms with Crippen LogP contribution in [-0.4, -0.2) is 23.6 Å². The predicted octanol–water partition coefficient (Wildman–Crippen LogP) is 2.55. The fourth-order valence-corrected chi connectivity index (χ4v) is 2.75. The summed E-state index contributed by atoms with van der Waals surface area (Å²) >= 11 is 1.69. The van der Waals surface area contributed by atoms with Crippen molar-refractivity contribution in [3.63, 3.8) is 0 Å². The van der Waals surface area contributed by atoms with E-state index in [0.29, 0.717) is 6.61 Å². The lowest BCUT2D eigenvalue weighted by molar-refractivity contribution is 0.338. The van der Waals surface area contributed by atoms with Crippen molar-refractivity contribution in [2.45, 2.75) is 19.9 Å². The molecule has 0 aliphatic rings. The average Bonchev–Trinajstić information content (AvgIpc) is 2.78. The van der Waals surface area contributed by atoms with Crippen LogP contribution in [0.3, 0.4) is 0 Å². The van der Waals surface area contributed by atoms with E-state index >= 15 is 0 Å². The number of hydrogen-bond acceptors (Lipinski definition) is 5. The van der Waals surface area contributed by atoms with Crippen molar-refractivity contribution in [1.82, 2.24) is 15.3 Å². The molecule has 2 heterocycles. The highest BCUT2D eigenvalue weighted by Crippen LogP contribution is 2.27. The molecule has 96 valence electrons. The number of aromatic nitrogens is 2. The van der Waals surface area contributed by atoms with Gasteiger partial charge in [0.1, 0.15) is 5.75 Å². The van der Waals surface area contributed by atoms with E-state index in [1.807, 2.05) is 39.4 Å². The zero-order chi connectivity index (χ0) is 13.0. The minimum atomic E-state index is 0.115. The Kier molecular flexibility index (Phi) is 4.28. The zero-order valence-electron chi connectivity index (χ0n) is 10.8. The van der Waals surface area contributed by atoms with E-state index in [9.17, 15) is 0 Å². The molecule has 0 radical (unpaired) electrons. The van der Waals surface area contributed by atoms with Crippen LogP contribution in [0.15, 0.2) is 24.7 Å². The molecule has 2 aromatic heterocycles. The van der Waals surface area contributed by atoms with Gasteiger partial charge in [-0.15, -0.1) is 11.3 Å². The average molecular weight is 263 g/mol. The van der Waals surface area contributed by atoms with Gasteiger partial charge in [0.25, 0.3) is 0 Å². The summed E-state index contributed by atoms with van der Waals surface area (Å²) in [6.07, 6.45) is 5.50. The van der Waals surface area contributed by atoms with E-state index in [1.165, 1.54) is 4.88 Å². The molecule has 0 fully saturated rings. The molecule has 0 spiro atoms. The van der Waals surface area contributed by atoms with Gasteiger partial charge in [-0.1, -0.05) is 0 Å². The van der Waals surface area contributed by atoms with Gasteiger partial charge in [-0.05, 0) is 32.5 Å². The van der Waals surface area contributed by atoms with Crippen LogP contribution in [0.4, 0.5) is 0 Å². The molecule has 0 aromatic carbocycles. The van der Waals surface area contributed by atoms with Crippen molar-refractivity contribution in [3.8, 4) is 5.75 Å². The standard InChI is InChI=1S/C13H17N3OS/c1-4-17-11-5-10(6-15-7-11)13(14-3)12-8-16-9(2)18-12/h5-8,13-14H,4H2,1-3H3. The number of pyridine rings is 1. The van der Waals surface area contributed by atoms with Crippen molar-refractivity contribution in [3.05, 3.63) is 40.1 Å². The summed E-state index contributed by atoms with van der Waals surface area (Å²) in [4.78, 5) is 9.71. The first kappa shape index (κ1) is 13.0. The first-order chi connectivity index (χ1) is 8.74. The largest absolute Gasteiger partial charge is 0.492 e. The van der Waals surface area contributed by atoms with Crippen LogP contribution in [0.1, 0.15) is 28.4 Å². The third-order valence-electron chi connectivity index (χ3n) is 2.59. The van der Waals surface area contributed by atoms with Gasteiger partial charge in [0.2, 0.25) is 0 Å². The highest BCUT2D eigenvalue weighted by atomic mass is 32.1. The molecule has 0 bridgehead atoms. The van der Waals surface area contributed by atoms with Crippen molar-refractivity contribution >= 4 is 11.3 Å². The Hall–Kier alpha value is -1.46. The highest BCUT2D eigenvalue weighted by Gasteiger charge is 2.15. The molecule has 0 aliphatic carbocycles. The maximum Gasteiger partial charge on any atom is 0.137 e. The minimum absolute atomic E-state index is 0.115. The number of nitrogens with zero attached hydrogens (tertiary/aromatic N) is 2. The Labute approximate surface area is 111 Å². The highest BCUT2D eigenvalue weighted by molar-refractivity contribution is 7.11. The second-order valence-electron chi connectivity index (χ2n) is 3.89. The summed E-state index contributed by atoms with van der Waals surface area (Å²) in [5.41, 5.74) is 1.09. The van der Waals surface area contributed by atoms with Crippen LogP contribution in [0.25, 0.3) is 0 Å². The van der Waals surface area contributed by atoms with Gasteiger partial charge in [-0.25, -0.2) is 4.98 Å². The van der Waals surface area contributed by atoms with Crippen LogP contribution in [0.2, 0.25) is 0 Å². The molecule has 5 heteroatoms.